The summed E-state index contributed by atoms with van der Waals surface area (Å²) in [7, 11) is 0. The zero-order chi connectivity index (χ0) is 12.5. The Morgan fingerprint density at radius 1 is 1.33 bits per heavy atom. The number of anilines is 1. The van der Waals surface area contributed by atoms with Crippen LogP contribution in [0.2, 0.25) is 0 Å². The van der Waals surface area contributed by atoms with E-state index in [-0.39, 0.29) is 0 Å². The van der Waals surface area contributed by atoms with Crippen LogP contribution in [-0.4, -0.2) is 22.8 Å². The topological polar surface area (TPSA) is 55.0 Å². The molecule has 5 heteroatoms. The highest BCUT2D eigenvalue weighted by molar-refractivity contribution is 7.15. The lowest BCUT2D eigenvalue weighted by molar-refractivity contribution is 0.558. The maximum Gasteiger partial charge on any atom is 0.208 e. The van der Waals surface area contributed by atoms with E-state index in [4.69, 9.17) is 5.73 Å². The number of aromatic nitrogens is 2. The van der Waals surface area contributed by atoms with Crippen molar-refractivity contribution in [2.45, 2.75) is 25.9 Å². The minimum Gasteiger partial charge on any atom is -0.338 e. The van der Waals surface area contributed by atoms with E-state index in [0.717, 1.165) is 23.1 Å². The van der Waals surface area contributed by atoms with E-state index in [9.17, 15) is 0 Å². The molecule has 1 aromatic carbocycles. The first-order valence-corrected chi connectivity index (χ1v) is 6.93. The molecule has 1 unspecified atom stereocenters. The molecular formula is C13H16N4S. The molecule has 94 valence electrons. The number of benzene rings is 1. The van der Waals surface area contributed by atoms with Gasteiger partial charge in [-0.15, -0.1) is 10.2 Å². The van der Waals surface area contributed by atoms with E-state index >= 15 is 0 Å². The van der Waals surface area contributed by atoms with Crippen molar-refractivity contribution in [3.8, 4) is 0 Å². The SMILES string of the molecule is Cc1nnc(N2Cc3ccccc3CC2CN)s1. The average Bonchev–Trinajstić information content (AvgIpc) is 2.83. The fraction of sp³-hybridized carbons (Fsp3) is 0.385. The quantitative estimate of drug-likeness (QED) is 0.893. The number of hydrogen-bond donors (Lipinski definition) is 1. The molecule has 0 saturated carbocycles. The van der Waals surface area contributed by atoms with Crippen molar-refractivity contribution >= 4 is 16.5 Å². The van der Waals surface area contributed by atoms with Gasteiger partial charge in [-0.1, -0.05) is 35.6 Å². The van der Waals surface area contributed by atoms with Crippen molar-refractivity contribution in [3.05, 3.63) is 40.4 Å². The third-order valence-electron chi connectivity index (χ3n) is 3.39. The van der Waals surface area contributed by atoms with Gasteiger partial charge in [0.15, 0.2) is 0 Å². The zero-order valence-electron chi connectivity index (χ0n) is 10.3. The first-order valence-electron chi connectivity index (χ1n) is 6.11. The molecule has 2 aromatic rings. The van der Waals surface area contributed by atoms with Gasteiger partial charge in [-0.25, -0.2) is 0 Å². The summed E-state index contributed by atoms with van der Waals surface area (Å²) in [4.78, 5) is 2.28. The summed E-state index contributed by atoms with van der Waals surface area (Å²) in [5.41, 5.74) is 8.69. The number of fused-ring (bicyclic) bond motifs is 1. The van der Waals surface area contributed by atoms with Crippen LogP contribution >= 0.6 is 11.3 Å². The first kappa shape index (κ1) is 11.6. The summed E-state index contributed by atoms with van der Waals surface area (Å²) < 4.78 is 0. The predicted octanol–water partition coefficient (Wildman–Crippen LogP) is 1.74. The van der Waals surface area contributed by atoms with Crippen LogP contribution in [0.1, 0.15) is 16.1 Å². The van der Waals surface area contributed by atoms with Crippen LogP contribution < -0.4 is 10.6 Å². The van der Waals surface area contributed by atoms with Gasteiger partial charge in [0.1, 0.15) is 5.01 Å². The molecule has 3 rings (SSSR count). The second-order valence-electron chi connectivity index (χ2n) is 4.59. The lowest BCUT2D eigenvalue weighted by atomic mass is 9.94. The Balaban J connectivity index is 1.95. The van der Waals surface area contributed by atoms with Crippen molar-refractivity contribution < 1.29 is 0 Å². The monoisotopic (exact) mass is 260 g/mol. The smallest absolute Gasteiger partial charge is 0.208 e. The molecule has 18 heavy (non-hydrogen) atoms. The van der Waals surface area contributed by atoms with E-state index in [2.05, 4.69) is 39.4 Å². The van der Waals surface area contributed by atoms with Gasteiger partial charge in [0.25, 0.3) is 0 Å². The fourth-order valence-electron chi connectivity index (χ4n) is 2.42. The van der Waals surface area contributed by atoms with Crippen LogP contribution in [-0.2, 0) is 13.0 Å². The van der Waals surface area contributed by atoms with Gasteiger partial charge in [0.05, 0.1) is 0 Å². The van der Waals surface area contributed by atoms with Gasteiger partial charge >= 0.3 is 0 Å². The standard InChI is InChI=1S/C13H16N4S/c1-9-15-16-13(18-9)17-8-11-5-3-2-4-10(11)6-12(17)7-14/h2-5,12H,6-8,14H2,1H3. The van der Waals surface area contributed by atoms with E-state index in [1.807, 2.05) is 6.92 Å². The van der Waals surface area contributed by atoms with Crippen molar-refractivity contribution in [2.75, 3.05) is 11.4 Å². The van der Waals surface area contributed by atoms with Crippen molar-refractivity contribution in [1.82, 2.24) is 10.2 Å². The predicted molar refractivity (Wildman–Crippen MR) is 73.8 cm³/mol. The Labute approximate surface area is 110 Å². The zero-order valence-corrected chi connectivity index (χ0v) is 11.2. The van der Waals surface area contributed by atoms with Crippen LogP contribution in [0.15, 0.2) is 24.3 Å². The molecule has 1 aliphatic rings. The summed E-state index contributed by atoms with van der Waals surface area (Å²) in [5, 5.41) is 10.3. The highest BCUT2D eigenvalue weighted by Gasteiger charge is 2.27. The lowest BCUT2D eigenvalue weighted by Gasteiger charge is -2.35. The number of rotatable bonds is 2. The maximum absolute atomic E-state index is 5.91. The fourth-order valence-corrected chi connectivity index (χ4v) is 3.18. The molecule has 0 amide bonds. The lowest BCUT2D eigenvalue weighted by Crippen LogP contribution is -2.45. The molecule has 0 bridgehead atoms. The first-order chi connectivity index (χ1) is 8.78. The van der Waals surface area contributed by atoms with E-state index in [0.29, 0.717) is 12.6 Å². The van der Waals surface area contributed by atoms with Crippen molar-refractivity contribution in [1.29, 1.82) is 0 Å². The maximum atomic E-state index is 5.91. The second-order valence-corrected chi connectivity index (χ2v) is 5.75. The molecule has 0 spiro atoms. The van der Waals surface area contributed by atoms with Crippen LogP contribution in [0, 0.1) is 6.92 Å². The van der Waals surface area contributed by atoms with Crippen molar-refractivity contribution in [2.24, 2.45) is 5.73 Å². The largest absolute Gasteiger partial charge is 0.338 e. The number of nitrogens with zero attached hydrogens (tertiary/aromatic N) is 3. The van der Waals surface area contributed by atoms with Gasteiger partial charge in [-0.2, -0.15) is 0 Å². The van der Waals surface area contributed by atoms with Crippen LogP contribution in [0.5, 0.6) is 0 Å². The Bertz CT molecular complexity index is 551. The number of nitrogens with two attached hydrogens (primary N) is 1. The van der Waals surface area contributed by atoms with Gasteiger partial charge in [0.2, 0.25) is 5.13 Å². The molecular weight excluding hydrogens is 244 g/mol. The highest BCUT2D eigenvalue weighted by Crippen LogP contribution is 2.29. The minimum absolute atomic E-state index is 0.326. The third kappa shape index (κ3) is 2.00. The van der Waals surface area contributed by atoms with Crippen LogP contribution in [0.4, 0.5) is 5.13 Å². The Morgan fingerprint density at radius 3 is 2.78 bits per heavy atom. The molecule has 0 fully saturated rings. The summed E-state index contributed by atoms with van der Waals surface area (Å²) in [6.45, 7) is 3.51. The summed E-state index contributed by atoms with van der Waals surface area (Å²) >= 11 is 1.64. The molecule has 0 saturated heterocycles. The Kier molecular flexibility index (Phi) is 3.01. The van der Waals surface area contributed by atoms with Gasteiger partial charge in [0, 0.05) is 19.1 Å². The molecule has 4 nitrogen and oxygen atoms in total. The summed E-state index contributed by atoms with van der Waals surface area (Å²) in [6.07, 6.45) is 0.991. The Hall–Kier alpha value is -1.46. The third-order valence-corrected chi connectivity index (χ3v) is 4.26. The number of hydrogen-bond acceptors (Lipinski definition) is 5. The average molecular weight is 260 g/mol. The molecule has 0 aliphatic carbocycles. The molecule has 0 radical (unpaired) electrons. The normalized spacial score (nSPS) is 18.8. The molecule has 2 N–H and O–H groups in total. The van der Waals surface area contributed by atoms with Crippen molar-refractivity contribution in [3.63, 3.8) is 0 Å². The second kappa shape index (κ2) is 4.66. The molecule has 1 atom stereocenters. The van der Waals surface area contributed by atoms with Gasteiger partial charge < -0.3 is 10.6 Å². The van der Waals surface area contributed by atoms with E-state index < -0.39 is 0 Å². The summed E-state index contributed by atoms with van der Waals surface area (Å²) in [6, 6.07) is 8.89. The number of aryl methyl sites for hydroxylation is 1. The van der Waals surface area contributed by atoms with E-state index in [1.165, 1.54) is 11.1 Å². The minimum atomic E-state index is 0.326. The van der Waals surface area contributed by atoms with Gasteiger partial charge in [-0.05, 0) is 24.5 Å². The summed E-state index contributed by atoms with van der Waals surface area (Å²) in [5.74, 6) is 0. The Morgan fingerprint density at radius 2 is 2.11 bits per heavy atom. The molecule has 2 heterocycles. The molecule has 1 aromatic heterocycles. The highest BCUT2D eigenvalue weighted by atomic mass is 32.1. The van der Waals surface area contributed by atoms with E-state index in [1.54, 1.807) is 11.3 Å². The molecule has 1 aliphatic heterocycles. The van der Waals surface area contributed by atoms with Gasteiger partial charge in [-0.3, -0.25) is 0 Å². The van der Waals surface area contributed by atoms with Crippen LogP contribution in [0.3, 0.4) is 0 Å². The van der Waals surface area contributed by atoms with Crippen LogP contribution in [0.25, 0.3) is 0 Å².